The van der Waals surface area contributed by atoms with Crippen molar-refractivity contribution in [2.24, 2.45) is 0 Å². The number of alkyl halides is 3. The molecule has 0 saturated heterocycles. The molecule has 0 aliphatic carbocycles. The van der Waals surface area contributed by atoms with Crippen LogP contribution in [-0.4, -0.2) is 14.8 Å². The van der Waals surface area contributed by atoms with Crippen molar-refractivity contribution in [3.8, 4) is 11.4 Å². The predicted octanol–water partition coefficient (Wildman–Crippen LogP) is 14.8. The second-order valence-corrected chi connectivity index (χ2v) is 15.2. The van der Waals surface area contributed by atoms with E-state index in [0.717, 1.165) is 77.6 Å². The minimum atomic E-state index is -4.43. The van der Waals surface area contributed by atoms with E-state index in [1.165, 1.54) is 22.9 Å². The van der Waals surface area contributed by atoms with E-state index in [4.69, 9.17) is 5.32 Å². The van der Waals surface area contributed by atoms with Gasteiger partial charge in [-0.25, -0.2) is 0 Å². The van der Waals surface area contributed by atoms with Crippen LogP contribution in [0.15, 0.2) is 188 Å². The van der Waals surface area contributed by atoms with Gasteiger partial charge in [-0.05, 0) is 87.8 Å². The maximum atomic E-state index is 13.5. The van der Waals surface area contributed by atoms with E-state index in [9.17, 15) is 18.6 Å². The van der Waals surface area contributed by atoms with Crippen LogP contribution in [0.1, 0.15) is 22.3 Å². The first kappa shape index (κ1) is 35.5. The molecule has 60 heavy (non-hydrogen) atoms. The Labute approximate surface area is 342 Å². The van der Waals surface area contributed by atoms with Gasteiger partial charge in [-0.3, -0.25) is 5.41 Å². The lowest BCUT2D eigenvalue weighted by molar-refractivity contribution is -0.137. The molecule has 0 saturated carbocycles. The fraction of sp³-hybridized carbons (Fsp3) is 0.0377. The minimum absolute atomic E-state index is 0.235. The molecule has 0 unspecified atom stereocenters. The van der Waals surface area contributed by atoms with Crippen LogP contribution in [0.5, 0.6) is 0 Å². The quantitative estimate of drug-likeness (QED) is 0.157. The van der Waals surface area contributed by atoms with Crippen molar-refractivity contribution >= 4 is 76.6 Å². The fourth-order valence-electron chi connectivity index (χ4n) is 8.90. The number of hydrogen-bond acceptors (Lipinski definition) is 1. The Hall–Kier alpha value is -7.64. The van der Waals surface area contributed by atoms with Crippen LogP contribution in [0.25, 0.3) is 81.8 Å². The number of para-hydroxylation sites is 3. The topological polar surface area (TPSA) is 47.8 Å². The zero-order valence-electron chi connectivity index (χ0n) is 32.1. The van der Waals surface area contributed by atoms with Gasteiger partial charge in [-0.1, -0.05) is 133 Å². The molecule has 2 aromatic heterocycles. The molecule has 0 aliphatic rings. The zero-order chi connectivity index (χ0) is 40.5. The second kappa shape index (κ2) is 13.7. The summed E-state index contributed by atoms with van der Waals surface area (Å²) in [6.07, 6.45) is -4.43. The van der Waals surface area contributed by atoms with Gasteiger partial charge in [-0.2, -0.15) is 13.2 Å². The van der Waals surface area contributed by atoms with E-state index in [1.807, 2.05) is 60.7 Å². The number of hydrogen-bond donors (Lipinski definition) is 1. The largest absolute Gasteiger partial charge is 0.680 e. The first-order valence-electron chi connectivity index (χ1n) is 19.8. The third-order valence-corrected chi connectivity index (χ3v) is 11.7. The van der Waals surface area contributed by atoms with Gasteiger partial charge in [0.15, 0.2) is 0 Å². The highest BCUT2D eigenvalue weighted by Crippen LogP contribution is 2.40. The molecule has 2 heterocycles. The number of rotatable bonds is 7. The summed E-state index contributed by atoms with van der Waals surface area (Å²) >= 11 is 0. The third-order valence-electron chi connectivity index (χ3n) is 11.7. The molecular weight excluding hydrogens is 750 g/mol. The first-order chi connectivity index (χ1) is 29.3. The molecule has 7 heteroatoms. The van der Waals surface area contributed by atoms with Crippen LogP contribution in [0.4, 0.5) is 18.9 Å². The van der Waals surface area contributed by atoms with Gasteiger partial charge < -0.3 is 14.5 Å². The van der Waals surface area contributed by atoms with Crippen LogP contribution >= 0.6 is 0 Å². The average molecular weight is 784 g/mol. The van der Waals surface area contributed by atoms with Crippen molar-refractivity contribution < 1.29 is 13.2 Å². The van der Waals surface area contributed by atoms with Crippen molar-refractivity contribution in [3.05, 3.63) is 216 Å². The SMILES string of the molecule is N=C(c1cccc(-n2c3ccccc3c3cc(-n4c5ccccc5c5ccccc54)ccc32)c1)c1ccc2ccccc2c1[N-]Cc1ccc2ccc(C(F)(F)F)cc2c1. The number of aromatic nitrogens is 2. The standard InChI is InChI=1S/C53H34F3N4/c54-53(55,56)38-24-22-34-21-20-33(28-37(34)29-38)32-58-52-41-13-2-1-10-35(41)23-26-45(52)51(57)36-11-9-12-39(30-36)59-49-19-8-5-16-44(49)46-31-40(25-27-50(46)59)60-47-17-6-3-14-42(47)43-15-4-7-18-48(43)60/h1-31,57H,32H2/q-1. The molecule has 0 aliphatic heterocycles. The van der Waals surface area contributed by atoms with Crippen molar-refractivity contribution in [3.63, 3.8) is 0 Å². The molecule has 4 nitrogen and oxygen atoms in total. The summed E-state index contributed by atoms with van der Waals surface area (Å²) in [5, 5.41) is 22.6. The van der Waals surface area contributed by atoms with Crippen molar-refractivity contribution in [1.82, 2.24) is 9.13 Å². The minimum Gasteiger partial charge on any atom is -0.680 e. The number of halogens is 3. The summed E-state index contributed by atoms with van der Waals surface area (Å²) in [6, 6.07) is 61.5. The Morgan fingerprint density at radius 3 is 1.75 bits per heavy atom. The molecule has 0 atom stereocenters. The third kappa shape index (κ3) is 5.81. The van der Waals surface area contributed by atoms with Gasteiger partial charge >= 0.3 is 6.18 Å². The maximum Gasteiger partial charge on any atom is 0.416 e. The Bertz CT molecular complexity index is 3460. The first-order valence-corrected chi connectivity index (χ1v) is 19.8. The zero-order valence-corrected chi connectivity index (χ0v) is 32.1. The monoisotopic (exact) mass is 783 g/mol. The summed E-state index contributed by atoms with van der Waals surface area (Å²) in [5.74, 6) is 0. The fourth-order valence-corrected chi connectivity index (χ4v) is 8.90. The Morgan fingerprint density at radius 2 is 1.05 bits per heavy atom. The highest BCUT2D eigenvalue weighted by Gasteiger charge is 2.30. The molecule has 0 amide bonds. The van der Waals surface area contributed by atoms with Gasteiger partial charge in [0.2, 0.25) is 0 Å². The number of nitrogens with one attached hydrogen (secondary N) is 1. The number of benzene rings is 9. The predicted molar refractivity (Wildman–Crippen MR) is 241 cm³/mol. The van der Waals surface area contributed by atoms with Crippen molar-refractivity contribution in [2.45, 2.75) is 12.7 Å². The van der Waals surface area contributed by atoms with E-state index in [1.54, 1.807) is 6.07 Å². The normalized spacial score (nSPS) is 12.1. The molecule has 9 aromatic carbocycles. The van der Waals surface area contributed by atoms with Crippen LogP contribution in [0, 0.1) is 5.41 Å². The average Bonchev–Trinajstić information content (AvgIpc) is 3.80. The van der Waals surface area contributed by atoms with Gasteiger partial charge in [0, 0.05) is 38.5 Å². The Morgan fingerprint density at radius 1 is 0.467 bits per heavy atom. The summed E-state index contributed by atoms with van der Waals surface area (Å²) in [4.78, 5) is 0. The van der Waals surface area contributed by atoms with Crippen molar-refractivity contribution in [1.29, 1.82) is 5.41 Å². The Balaban J connectivity index is 0.987. The van der Waals surface area contributed by atoms with Gasteiger partial charge in [0.25, 0.3) is 0 Å². The maximum absolute atomic E-state index is 13.5. The summed E-state index contributed by atoms with van der Waals surface area (Å²) in [7, 11) is 0. The lowest BCUT2D eigenvalue weighted by Gasteiger charge is -2.28. The Kier molecular flexibility index (Phi) is 8.13. The molecule has 1 N–H and O–H groups in total. The van der Waals surface area contributed by atoms with E-state index in [0.29, 0.717) is 22.3 Å². The molecular formula is C53H34F3N4-. The van der Waals surface area contributed by atoms with E-state index < -0.39 is 11.7 Å². The summed E-state index contributed by atoms with van der Waals surface area (Å²) in [6.45, 7) is 0.235. The molecule has 0 fully saturated rings. The number of fused-ring (bicyclic) bond motifs is 8. The van der Waals surface area contributed by atoms with E-state index in [2.05, 4.69) is 112 Å². The van der Waals surface area contributed by atoms with Crippen LogP contribution in [0.2, 0.25) is 0 Å². The smallest absolute Gasteiger partial charge is 0.416 e. The highest BCUT2D eigenvalue weighted by atomic mass is 19.4. The lowest BCUT2D eigenvalue weighted by atomic mass is 9.96. The van der Waals surface area contributed by atoms with Crippen molar-refractivity contribution in [2.75, 3.05) is 0 Å². The second-order valence-electron chi connectivity index (χ2n) is 15.2. The van der Waals surface area contributed by atoms with Crippen LogP contribution < -0.4 is 0 Å². The molecule has 11 rings (SSSR count). The van der Waals surface area contributed by atoms with Crippen LogP contribution in [-0.2, 0) is 12.7 Å². The summed E-state index contributed by atoms with van der Waals surface area (Å²) < 4.78 is 45.2. The highest BCUT2D eigenvalue weighted by molar-refractivity contribution is 6.19. The molecule has 11 aromatic rings. The van der Waals surface area contributed by atoms with E-state index in [-0.39, 0.29) is 6.54 Å². The molecule has 288 valence electrons. The van der Waals surface area contributed by atoms with Gasteiger partial charge in [-0.15, -0.1) is 12.2 Å². The van der Waals surface area contributed by atoms with E-state index >= 15 is 0 Å². The molecule has 0 bridgehead atoms. The molecule has 0 spiro atoms. The van der Waals surface area contributed by atoms with Crippen LogP contribution in [0.3, 0.4) is 0 Å². The summed E-state index contributed by atoms with van der Waals surface area (Å²) in [5.41, 5.74) is 8.95. The lowest BCUT2D eigenvalue weighted by Crippen LogP contribution is -2.05. The molecule has 0 radical (unpaired) electrons. The van der Waals surface area contributed by atoms with Gasteiger partial charge in [0.05, 0.1) is 33.3 Å². The number of nitrogens with zero attached hydrogens (tertiary/aromatic N) is 3. The van der Waals surface area contributed by atoms with Gasteiger partial charge in [0.1, 0.15) is 0 Å².